The van der Waals surface area contributed by atoms with Gasteiger partial charge in [0.05, 0.1) is 11.7 Å². The Bertz CT molecular complexity index is 641. The van der Waals surface area contributed by atoms with Crippen LogP contribution >= 0.6 is 15.9 Å². The van der Waals surface area contributed by atoms with Gasteiger partial charge in [0, 0.05) is 24.1 Å². The van der Waals surface area contributed by atoms with Crippen molar-refractivity contribution in [3.05, 3.63) is 28.2 Å². The molecule has 0 bridgehead atoms. The first-order valence-electron chi connectivity index (χ1n) is 10.4. The standard InChI is InChI=1S/C22H33BrN2O2/c1-16(2)27-21-13-19(23)6-7-20(21)22(26)25-10-4-5-18(15-25)14-24-11-8-17(3)9-12-24/h6-7,13,16-18H,4-5,8-12,14-15H2,1-3H3. The van der Waals surface area contributed by atoms with Crippen LogP contribution in [0.3, 0.4) is 0 Å². The second-order valence-electron chi connectivity index (χ2n) is 8.55. The number of likely N-dealkylation sites (tertiary alicyclic amines) is 2. The number of amides is 1. The van der Waals surface area contributed by atoms with E-state index in [1.165, 1.54) is 32.4 Å². The third-order valence-electron chi connectivity index (χ3n) is 5.74. The van der Waals surface area contributed by atoms with Crippen molar-refractivity contribution in [3.8, 4) is 5.75 Å². The molecule has 1 aromatic carbocycles. The zero-order chi connectivity index (χ0) is 19.4. The monoisotopic (exact) mass is 436 g/mol. The van der Waals surface area contributed by atoms with Gasteiger partial charge in [-0.2, -0.15) is 0 Å². The highest BCUT2D eigenvalue weighted by Gasteiger charge is 2.28. The molecule has 1 aromatic rings. The molecule has 2 heterocycles. The SMILES string of the molecule is CC1CCN(CC2CCCN(C(=O)c3ccc(Br)cc3OC(C)C)C2)CC1. The van der Waals surface area contributed by atoms with E-state index in [0.717, 1.165) is 36.4 Å². The summed E-state index contributed by atoms with van der Waals surface area (Å²) in [7, 11) is 0. The molecule has 2 aliphatic rings. The molecule has 1 amide bonds. The Kier molecular flexibility index (Phi) is 7.21. The zero-order valence-electron chi connectivity index (χ0n) is 16.9. The molecule has 1 unspecified atom stereocenters. The number of nitrogens with zero attached hydrogens (tertiary/aromatic N) is 2. The largest absolute Gasteiger partial charge is 0.490 e. The van der Waals surface area contributed by atoms with E-state index in [0.29, 0.717) is 17.2 Å². The average Bonchev–Trinajstić information content (AvgIpc) is 2.63. The minimum absolute atomic E-state index is 0.0430. The second-order valence-corrected chi connectivity index (χ2v) is 9.47. The molecule has 2 fully saturated rings. The van der Waals surface area contributed by atoms with E-state index < -0.39 is 0 Å². The van der Waals surface area contributed by atoms with Crippen molar-refractivity contribution in [1.29, 1.82) is 0 Å². The van der Waals surface area contributed by atoms with Crippen molar-refractivity contribution in [2.24, 2.45) is 11.8 Å². The lowest BCUT2D eigenvalue weighted by Crippen LogP contribution is -2.45. The predicted octanol–water partition coefficient (Wildman–Crippen LogP) is 4.82. The summed E-state index contributed by atoms with van der Waals surface area (Å²) in [6.45, 7) is 11.6. The first kappa shape index (κ1) is 20.7. The topological polar surface area (TPSA) is 32.8 Å². The zero-order valence-corrected chi connectivity index (χ0v) is 18.5. The van der Waals surface area contributed by atoms with Crippen molar-refractivity contribution >= 4 is 21.8 Å². The van der Waals surface area contributed by atoms with E-state index in [9.17, 15) is 4.79 Å². The number of halogens is 1. The number of piperidine rings is 2. The molecule has 0 radical (unpaired) electrons. The Morgan fingerprint density at radius 1 is 1.22 bits per heavy atom. The molecular weight excluding hydrogens is 404 g/mol. The number of hydrogen-bond acceptors (Lipinski definition) is 3. The van der Waals surface area contributed by atoms with Crippen molar-refractivity contribution in [2.75, 3.05) is 32.7 Å². The van der Waals surface area contributed by atoms with Gasteiger partial charge in [-0.25, -0.2) is 0 Å². The van der Waals surface area contributed by atoms with Crippen molar-refractivity contribution in [3.63, 3.8) is 0 Å². The van der Waals surface area contributed by atoms with Crippen LogP contribution in [0.25, 0.3) is 0 Å². The van der Waals surface area contributed by atoms with E-state index in [2.05, 4.69) is 27.8 Å². The van der Waals surface area contributed by atoms with Gasteiger partial charge in [-0.15, -0.1) is 0 Å². The summed E-state index contributed by atoms with van der Waals surface area (Å²) >= 11 is 3.49. The summed E-state index contributed by atoms with van der Waals surface area (Å²) in [5, 5.41) is 0. The van der Waals surface area contributed by atoms with E-state index >= 15 is 0 Å². The fourth-order valence-corrected chi connectivity index (χ4v) is 4.54. The normalized spacial score (nSPS) is 22.3. The van der Waals surface area contributed by atoms with Crippen molar-refractivity contribution < 1.29 is 9.53 Å². The summed E-state index contributed by atoms with van der Waals surface area (Å²) in [5.41, 5.74) is 0.680. The molecule has 0 aromatic heterocycles. The van der Waals surface area contributed by atoms with Crippen LogP contribution in [0.5, 0.6) is 5.75 Å². The molecule has 4 nitrogen and oxygen atoms in total. The van der Waals surface area contributed by atoms with E-state index in [4.69, 9.17) is 4.74 Å². The maximum atomic E-state index is 13.2. The third-order valence-corrected chi connectivity index (χ3v) is 6.23. The fourth-order valence-electron chi connectivity index (χ4n) is 4.20. The van der Waals surface area contributed by atoms with Crippen LogP contribution in [0, 0.1) is 11.8 Å². The molecule has 5 heteroatoms. The van der Waals surface area contributed by atoms with Crippen LogP contribution < -0.4 is 4.74 Å². The number of ether oxygens (including phenoxy) is 1. The number of carbonyl (C=O) groups excluding carboxylic acids is 1. The molecule has 27 heavy (non-hydrogen) atoms. The summed E-state index contributed by atoms with van der Waals surface area (Å²) in [6.07, 6.45) is 4.98. The third kappa shape index (κ3) is 5.71. The van der Waals surface area contributed by atoms with E-state index in [-0.39, 0.29) is 12.0 Å². The average molecular weight is 437 g/mol. The fraction of sp³-hybridized carbons (Fsp3) is 0.682. The van der Waals surface area contributed by atoms with Gasteiger partial charge in [-0.05, 0) is 82.7 Å². The van der Waals surface area contributed by atoms with Crippen LogP contribution in [0.1, 0.15) is 56.8 Å². The first-order valence-corrected chi connectivity index (χ1v) is 11.2. The van der Waals surface area contributed by atoms with Crippen molar-refractivity contribution in [1.82, 2.24) is 9.80 Å². The number of hydrogen-bond donors (Lipinski definition) is 0. The van der Waals surface area contributed by atoms with Gasteiger partial charge in [0.15, 0.2) is 0 Å². The van der Waals surface area contributed by atoms with E-state index in [1.54, 1.807) is 0 Å². The number of carbonyl (C=O) groups is 1. The molecular formula is C22H33BrN2O2. The lowest BCUT2D eigenvalue weighted by Gasteiger charge is -2.38. The van der Waals surface area contributed by atoms with Crippen LogP contribution in [0.2, 0.25) is 0 Å². The van der Waals surface area contributed by atoms with Crippen LogP contribution in [0.15, 0.2) is 22.7 Å². The molecule has 2 saturated heterocycles. The Labute approximate surface area is 172 Å². The maximum absolute atomic E-state index is 13.2. The molecule has 1 atom stereocenters. The summed E-state index contributed by atoms with van der Waals surface area (Å²) in [5.74, 6) is 2.23. The number of benzene rings is 1. The quantitative estimate of drug-likeness (QED) is 0.662. The highest BCUT2D eigenvalue weighted by atomic mass is 79.9. The first-order chi connectivity index (χ1) is 12.9. The lowest BCUT2D eigenvalue weighted by atomic mass is 9.94. The smallest absolute Gasteiger partial charge is 0.257 e. The Balaban J connectivity index is 1.64. The minimum Gasteiger partial charge on any atom is -0.490 e. The summed E-state index contributed by atoms with van der Waals surface area (Å²) in [4.78, 5) is 17.9. The molecule has 0 saturated carbocycles. The Morgan fingerprint density at radius 2 is 1.96 bits per heavy atom. The molecule has 150 valence electrons. The van der Waals surface area contributed by atoms with Gasteiger partial charge in [-0.3, -0.25) is 4.79 Å². The van der Waals surface area contributed by atoms with Gasteiger partial charge in [0.1, 0.15) is 5.75 Å². The van der Waals surface area contributed by atoms with Crippen LogP contribution in [0.4, 0.5) is 0 Å². The highest BCUT2D eigenvalue weighted by molar-refractivity contribution is 9.10. The van der Waals surface area contributed by atoms with Gasteiger partial charge in [0.2, 0.25) is 0 Å². The number of rotatable bonds is 5. The van der Waals surface area contributed by atoms with Crippen molar-refractivity contribution in [2.45, 2.75) is 52.6 Å². The van der Waals surface area contributed by atoms with Gasteiger partial charge < -0.3 is 14.5 Å². The molecule has 0 aliphatic carbocycles. The minimum atomic E-state index is 0.0430. The molecule has 0 spiro atoms. The second kappa shape index (κ2) is 9.42. The summed E-state index contributed by atoms with van der Waals surface area (Å²) in [6, 6.07) is 5.72. The van der Waals surface area contributed by atoms with Gasteiger partial charge in [-0.1, -0.05) is 22.9 Å². The lowest BCUT2D eigenvalue weighted by molar-refractivity contribution is 0.0616. The van der Waals surface area contributed by atoms with Gasteiger partial charge >= 0.3 is 0 Å². The van der Waals surface area contributed by atoms with Gasteiger partial charge in [0.25, 0.3) is 5.91 Å². The molecule has 3 rings (SSSR count). The van der Waals surface area contributed by atoms with Crippen LogP contribution in [-0.4, -0.2) is 54.5 Å². The molecule has 0 N–H and O–H groups in total. The maximum Gasteiger partial charge on any atom is 0.257 e. The molecule has 2 aliphatic heterocycles. The highest BCUT2D eigenvalue weighted by Crippen LogP contribution is 2.28. The Morgan fingerprint density at radius 3 is 2.67 bits per heavy atom. The predicted molar refractivity (Wildman–Crippen MR) is 113 cm³/mol. The van der Waals surface area contributed by atoms with E-state index in [1.807, 2.05) is 36.9 Å². The Hall–Kier alpha value is -1.07. The summed E-state index contributed by atoms with van der Waals surface area (Å²) < 4.78 is 6.85. The van der Waals surface area contributed by atoms with Crippen LogP contribution in [-0.2, 0) is 0 Å².